The first-order valence-corrected chi connectivity index (χ1v) is 10.6. The van der Waals surface area contributed by atoms with Crippen LogP contribution in [0.1, 0.15) is 57.7 Å². The predicted molar refractivity (Wildman–Crippen MR) is 110 cm³/mol. The summed E-state index contributed by atoms with van der Waals surface area (Å²) in [7, 11) is 0. The van der Waals surface area contributed by atoms with Gasteiger partial charge in [0, 0.05) is 31.4 Å². The fourth-order valence-electron chi connectivity index (χ4n) is 5.51. The predicted octanol–water partition coefficient (Wildman–Crippen LogP) is 2.33. The molecule has 2 fully saturated rings. The Morgan fingerprint density at radius 1 is 1.35 bits per heavy atom. The first-order chi connectivity index (χ1) is 14.8. The molecule has 2 aromatic rings. The SMILES string of the molecule is Cc1ccc(CNC(=O)c2cn3c(c(O)c2=O)C(=O)N2C[C@H]4CCC[C@@]2(C4)C3)c(F)c1. The molecule has 1 aliphatic carbocycles. The van der Waals surface area contributed by atoms with E-state index < -0.39 is 22.9 Å². The number of pyridine rings is 1. The maximum absolute atomic E-state index is 14.1. The highest BCUT2D eigenvalue weighted by Gasteiger charge is 2.53. The summed E-state index contributed by atoms with van der Waals surface area (Å²) >= 11 is 0. The van der Waals surface area contributed by atoms with Crippen molar-refractivity contribution in [3.05, 3.63) is 62.8 Å². The quantitative estimate of drug-likeness (QED) is 0.790. The second-order valence-electron chi connectivity index (χ2n) is 9.08. The highest BCUT2D eigenvalue weighted by atomic mass is 19.1. The number of amides is 2. The first-order valence-electron chi connectivity index (χ1n) is 10.6. The number of fused-ring (bicyclic) bond motifs is 2. The Morgan fingerprint density at radius 3 is 2.94 bits per heavy atom. The molecule has 2 N–H and O–H groups in total. The number of aromatic nitrogens is 1. The zero-order valence-electron chi connectivity index (χ0n) is 17.3. The average molecular weight is 425 g/mol. The Kier molecular flexibility index (Phi) is 4.42. The van der Waals surface area contributed by atoms with Gasteiger partial charge < -0.3 is 19.9 Å². The summed E-state index contributed by atoms with van der Waals surface area (Å²) in [5.74, 6) is -1.76. The maximum Gasteiger partial charge on any atom is 0.275 e. The van der Waals surface area contributed by atoms with Gasteiger partial charge in [0.2, 0.25) is 5.43 Å². The topological polar surface area (TPSA) is 91.6 Å². The number of hydrogen-bond acceptors (Lipinski definition) is 4. The molecular weight excluding hydrogens is 401 g/mol. The largest absolute Gasteiger partial charge is 0.503 e. The van der Waals surface area contributed by atoms with Crippen LogP contribution in [0.4, 0.5) is 4.39 Å². The van der Waals surface area contributed by atoms with Crippen molar-refractivity contribution < 1.29 is 19.1 Å². The van der Waals surface area contributed by atoms with E-state index in [0.717, 1.165) is 31.2 Å². The number of nitrogens with one attached hydrogen (secondary N) is 1. The van der Waals surface area contributed by atoms with E-state index in [1.165, 1.54) is 12.3 Å². The minimum atomic E-state index is -0.889. The molecule has 2 bridgehead atoms. The van der Waals surface area contributed by atoms with E-state index in [-0.39, 0.29) is 29.2 Å². The monoisotopic (exact) mass is 425 g/mol. The molecule has 3 heterocycles. The zero-order valence-corrected chi connectivity index (χ0v) is 17.3. The lowest BCUT2D eigenvalue weighted by Crippen LogP contribution is -2.55. The molecule has 1 aromatic carbocycles. The molecule has 5 rings (SSSR count). The highest BCUT2D eigenvalue weighted by molar-refractivity contribution is 5.99. The second kappa shape index (κ2) is 6.93. The van der Waals surface area contributed by atoms with Gasteiger partial charge in [-0.05, 0) is 43.7 Å². The van der Waals surface area contributed by atoms with Crippen molar-refractivity contribution in [2.75, 3.05) is 6.54 Å². The molecule has 31 heavy (non-hydrogen) atoms. The standard InChI is InChI=1S/C23H24FN3O4/c1-13-4-5-15(17(24)7-13)9-25-21(30)16-11-26-12-23-6-2-3-14(8-23)10-27(23)22(31)18(26)20(29)19(16)28/h4-5,7,11,14,29H,2-3,6,8-10,12H2,1H3,(H,25,30)/t14-,23+/m0/s1. The van der Waals surface area contributed by atoms with Crippen LogP contribution in [-0.2, 0) is 13.1 Å². The van der Waals surface area contributed by atoms with E-state index in [0.29, 0.717) is 24.6 Å². The molecule has 7 nitrogen and oxygen atoms in total. The summed E-state index contributed by atoms with van der Waals surface area (Å²) in [4.78, 5) is 40.4. The maximum atomic E-state index is 14.1. The smallest absolute Gasteiger partial charge is 0.275 e. The van der Waals surface area contributed by atoms with Crippen molar-refractivity contribution in [2.24, 2.45) is 5.92 Å². The molecule has 8 heteroatoms. The van der Waals surface area contributed by atoms with Gasteiger partial charge in [0.15, 0.2) is 11.4 Å². The highest BCUT2D eigenvalue weighted by Crippen LogP contribution is 2.48. The zero-order chi connectivity index (χ0) is 21.9. The van der Waals surface area contributed by atoms with Crippen LogP contribution in [0.3, 0.4) is 0 Å². The van der Waals surface area contributed by atoms with Crippen molar-refractivity contribution in [1.82, 2.24) is 14.8 Å². The van der Waals surface area contributed by atoms with Crippen molar-refractivity contribution in [1.29, 1.82) is 0 Å². The minimum Gasteiger partial charge on any atom is -0.503 e. The van der Waals surface area contributed by atoms with E-state index in [9.17, 15) is 23.9 Å². The van der Waals surface area contributed by atoms with E-state index in [1.54, 1.807) is 23.6 Å². The minimum absolute atomic E-state index is 0.0516. The summed E-state index contributed by atoms with van der Waals surface area (Å²) in [6.45, 7) is 2.77. The van der Waals surface area contributed by atoms with E-state index in [1.807, 2.05) is 4.90 Å². The Hall–Kier alpha value is -3.16. The number of aromatic hydroxyl groups is 1. The Bertz CT molecular complexity index is 1170. The van der Waals surface area contributed by atoms with Gasteiger partial charge in [-0.3, -0.25) is 14.4 Å². The normalized spacial score (nSPS) is 24.0. The molecular formula is C23H24FN3O4. The summed E-state index contributed by atoms with van der Waals surface area (Å²) in [5.41, 5.74) is -0.445. The first kappa shape index (κ1) is 19.8. The lowest BCUT2D eigenvalue weighted by atomic mass is 9.79. The fraction of sp³-hybridized carbons (Fsp3) is 0.435. The lowest BCUT2D eigenvalue weighted by molar-refractivity contribution is 0.0419. The van der Waals surface area contributed by atoms with Crippen molar-refractivity contribution in [3.63, 3.8) is 0 Å². The summed E-state index contributed by atoms with van der Waals surface area (Å²) in [5, 5.41) is 13.1. The van der Waals surface area contributed by atoms with E-state index in [2.05, 4.69) is 5.32 Å². The van der Waals surface area contributed by atoms with Gasteiger partial charge in [0.25, 0.3) is 11.8 Å². The number of halogens is 1. The number of nitrogens with zero attached hydrogens (tertiary/aromatic N) is 2. The van der Waals surface area contributed by atoms with Crippen molar-refractivity contribution in [3.8, 4) is 5.75 Å². The number of carbonyl (C=O) groups excluding carboxylic acids is 2. The molecule has 3 aliphatic rings. The van der Waals surface area contributed by atoms with Gasteiger partial charge in [-0.15, -0.1) is 0 Å². The van der Waals surface area contributed by atoms with Crippen molar-refractivity contribution in [2.45, 2.75) is 51.2 Å². The molecule has 1 saturated carbocycles. The molecule has 2 aliphatic heterocycles. The van der Waals surface area contributed by atoms with E-state index in [4.69, 9.17) is 0 Å². The van der Waals surface area contributed by atoms with Gasteiger partial charge in [-0.1, -0.05) is 18.6 Å². The Labute approximate surface area is 178 Å². The van der Waals surface area contributed by atoms with Crippen LogP contribution in [0.15, 0.2) is 29.2 Å². The average Bonchev–Trinajstić information content (AvgIpc) is 2.99. The Balaban J connectivity index is 1.46. The van der Waals surface area contributed by atoms with E-state index >= 15 is 0 Å². The number of aryl methyl sites for hydroxylation is 1. The second-order valence-corrected chi connectivity index (χ2v) is 9.08. The molecule has 1 saturated heterocycles. The van der Waals surface area contributed by atoms with Gasteiger partial charge in [0.1, 0.15) is 11.4 Å². The summed E-state index contributed by atoms with van der Waals surface area (Å²) in [6.07, 6.45) is 5.25. The van der Waals surface area contributed by atoms with Crippen LogP contribution < -0.4 is 10.7 Å². The van der Waals surface area contributed by atoms with Gasteiger partial charge >= 0.3 is 0 Å². The lowest BCUT2D eigenvalue weighted by Gasteiger charge is -2.44. The number of rotatable bonds is 3. The summed E-state index contributed by atoms with van der Waals surface area (Å²) in [6, 6.07) is 4.69. The van der Waals surface area contributed by atoms with Crippen LogP contribution >= 0.6 is 0 Å². The van der Waals surface area contributed by atoms with Gasteiger partial charge in [0.05, 0.1) is 5.54 Å². The van der Waals surface area contributed by atoms with Gasteiger partial charge in [-0.25, -0.2) is 4.39 Å². The molecule has 2 amide bonds. The third kappa shape index (κ3) is 3.04. The number of benzene rings is 1. The van der Waals surface area contributed by atoms with Gasteiger partial charge in [-0.2, -0.15) is 0 Å². The fourth-order valence-corrected chi connectivity index (χ4v) is 5.51. The third-order valence-corrected chi connectivity index (χ3v) is 7.00. The van der Waals surface area contributed by atoms with Crippen LogP contribution in [-0.4, -0.2) is 38.5 Å². The number of carbonyl (C=O) groups is 2. The van der Waals surface area contributed by atoms with Crippen molar-refractivity contribution >= 4 is 11.8 Å². The molecule has 0 unspecified atom stereocenters. The summed E-state index contributed by atoms with van der Waals surface area (Å²) < 4.78 is 15.6. The van der Waals surface area contributed by atoms with Crippen LogP contribution in [0.25, 0.3) is 0 Å². The number of hydrogen-bond donors (Lipinski definition) is 2. The van der Waals surface area contributed by atoms with Crippen LogP contribution in [0.2, 0.25) is 0 Å². The van der Waals surface area contributed by atoms with Crippen LogP contribution in [0, 0.1) is 18.7 Å². The third-order valence-electron chi connectivity index (χ3n) is 7.00. The molecule has 1 aromatic heterocycles. The molecule has 162 valence electrons. The molecule has 2 atom stereocenters. The van der Waals surface area contributed by atoms with Crippen LogP contribution in [0.5, 0.6) is 5.75 Å². The molecule has 0 radical (unpaired) electrons. The molecule has 1 spiro atoms. The Morgan fingerprint density at radius 2 is 2.16 bits per heavy atom.